The number of hydrogen-bond donors (Lipinski definition) is 0. The molecule has 0 aliphatic carbocycles. The second-order valence-electron chi connectivity index (χ2n) is 6.93. The van der Waals surface area contributed by atoms with Crippen molar-refractivity contribution in [3.63, 3.8) is 0 Å². The van der Waals surface area contributed by atoms with E-state index in [0.29, 0.717) is 12.2 Å². The van der Waals surface area contributed by atoms with Gasteiger partial charge in [0.15, 0.2) is 0 Å². The fraction of sp³-hybridized carbons (Fsp3) is 0.0800. The van der Waals surface area contributed by atoms with Crippen molar-refractivity contribution in [2.24, 2.45) is 0 Å². The molecule has 0 fully saturated rings. The van der Waals surface area contributed by atoms with Crippen LogP contribution < -0.4 is 5.35 Å². The number of para-hydroxylation sites is 1. The Morgan fingerprint density at radius 1 is 0.966 bits per heavy atom. The fourth-order valence-corrected chi connectivity index (χ4v) is 4.42. The van der Waals surface area contributed by atoms with Gasteiger partial charge in [0.05, 0.1) is 28.6 Å². The van der Waals surface area contributed by atoms with E-state index >= 15 is 0 Å². The summed E-state index contributed by atoms with van der Waals surface area (Å²) in [5.74, 6) is -0.285. The fourth-order valence-electron chi connectivity index (χ4n) is 4.06. The second-order valence-corrected chi connectivity index (χ2v) is 7.84. The molecule has 29 heavy (non-hydrogen) atoms. The van der Waals surface area contributed by atoms with E-state index in [1.54, 1.807) is 0 Å². The van der Waals surface area contributed by atoms with Gasteiger partial charge < -0.3 is 9.14 Å². The van der Waals surface area contributed by atoms with Gasteiger partial charge in [0, 0.05) is 20.6 Å². The largest absolute Gasteiger partial charge is 0.462 e. The monoisotopic (exact) mass is 443 g/mol. The first-order valence-electron chi connectivity index (χ1n) is 9.57. The molecule has 0 radical (unpaired) electrons. The van der Waals surface area contributed by atoms with Crippen LogP contribution in [0.25, 0.3) is 33.3 Å². The Labute approximate surface area is 176 Å². The Morgan fingerprint density at radius 2 is 1.72 bits per heavy atom. The number of ether oxygens (including phenoxy) is 1. The van der Waals surface area contributed by atoms with Crippen LogP contribution in [0, 0.1) is 0 Å². The summed E-state index contributed by atoms with van der Waals surface area (Å²) in [5.41, 5.74) is 3.63. The molecule has 0 saturated carbocycles. The Morgan fingerprint density at radius 3 is 2.52 bits per heavy atom. The SMILES string of the molecule is CCOC(=O)c1c2ccccc2n2/c(=C\c3ccccc3)c3cc(Br)ccc3c12. The van der Waals surface area contributed by atoms with Gasteiger partial charge in [-0.05, 0) is 36.8 Å². The van der Waals surface area contributed by atoms with Crippen LogP contribution in [0.5, 0.6) is 0 Å². The van der Waals surface area contributed by atoms with Crippen LogP contribution in [-0.4, -0.2) is 17.0 Å². The van der Waals surface area contributed by atoms with Crippen molar-refractivity contribution in [1.82, 2.24) is 4.40 Å². The zero-order chi connectivity index (χ0) is 20.0. The molecule has 142 valence electrons. The van der Waals surface area contributed by atoms with Crippen LogP contribution in [0.4, 0.5) is 0 Å². The van der Waals surface area contributed by atoms with Crippen molar-refractivity contribution in [3.05, 3.63) is 93.7 Å². The molecule has 0 aliphatic heterocycles. The zero-order valence-electron chi connectivity index (χ0n) is 15.9. The lowest BCUT2D eigenvalue weighted by Gasteiger charge is -2.01. The van der Waals surface area contributed by atoms with Crippen molar-refractivity contribution in [2.45, 2.75) is 6.92 Å². The van der Waals surface area contributed by atoms with Crippen LogP contribution in [-0.2, 0) is 4.74 Å². The van der Waals surface area contributed by atoms with Crippen molar-refractivity contribution in [2.75, 3.05) is 6.61 Å². The molecule has 0 saturated heterocycles. The van der Waals surface area contributed by atoms with Gasteiger partial charge in [-0.25, -0.2) is 4.79 Å². The number of carbonyl (C=O) groups excluding carboxylic acids is 1. The van der Waals surface area contributed by atoms with Gasteiger partial charge in [-0.15, -0.1) is 0 Å². The third kappa shape index (κ3) is 2.83. The highest BCUT2D eigenvalue weighted by Crippen LogP contribution is 2.33. The second kappa shape index (κ2) is 7.05. The minimum atomic E-state index is -0.285. The summed E-state index contributed by atoms with van der Waals surface area (Å²) in [6.45, 7) is 2.18. The van der Waals surface area contributed by atoms with E-state index in [1.165, 1.54) is 0 Å². The van der Waals surface area contributed by atoms with Gasteiger partial charge in [0.2, 0.25) is 0 Å². The van der Waals surface area contributed by atoms with Crippen LogP contribution in [0.1, 0.15) is 22.8 Å². The molecular formula is C25H18BrNO2. The summed E-state index contributed by atoms with van der Waals surface area (Å²) < 4.78 is 8.62. The predicted molar refractivity (Wildman–Crippen MR) is 121 cm³/mol. The van der Waals surface area contributed by atoms with Crippen LogP contribution in [0.3, 0.4) is 0 Å². The number of rotatable bonds is 3. The maximum atomic E-state index is 13.0. The number of fused-ring (bicyclic) bond motifs is 5. The van der Waals surface area contributed by atoms with E-state index in [4.69, 9.17) is 4.74 Å². The third-order valence-electron chi connectivity index (χ3n) is 5.21. The minimum absolute atomic E-state index is 0.285. The molecule has 0 atom stereocenters. The van der Waals surface area contributed by atoms with Gasteiger partial charge in [0.1, 0.15) is 0 Å². The van der Waals surface area contributed by atoms with Crippen molar-refractivity contribution >= 4 is 55.2 Å². The first-order valence-corrected chi connectivity index (χ1v) is 10.4. The average molecular weight is 444 g/mol. The molecule has 3 nitrogen and oxygen atoms in total. The summed E-state index contributed by atoms with van der Waals surface area (Å²) in [7, 11) is 0. The molecule has 0 bridgehead atoms. The normalized spacial score (nSPS) is 12.3. The molecule has 0 N–H and O–H groups in total. The summed E-state index contributed by atoms with van der Waals surface area (Å²) in [4.78, 5) is 13.0. The molecule has 2 aromatic heterocycles. The molecule has 0 aliphatic rings. The third-order valence-corrected chi connectivity index (χ3v) is 5.70. The number of aromatic nitrogens is 1. The number of halogens is 1. The smallest absolute Gasteiger partial charge is 0.340 e. The quantitative estimate of drug-likeness (QED) is 0.333. The number of nitrogens with zero attached hydrogens (tertiary/aromatic N) is 1. The summed E-state index contributed by atoms with van der Waals surface area (Å²) >= 11 is 3.60. The Hall–Kier alpha value is -3.11. The Bertz CT molecular complexity index is 1430. The predicted octanol–water partition coefficient (Wildman–Crippen LogP) is 5.73. The van der Waals surface area contributed by atoms with Crippen LogP contribution in [0.2, 0.25) is 0 Å². The van der Waals surface area contributed by atoms with Crippen molar-refractivity contribution < 1.29 is 9.53 Å². The van der Waals surface area contributed by atoms with Gasteiger partial charge in [-0.3, -0.25) is 0 Å². The standard InChI is InChI=1S/C25H18BrNO2/c1-2-29-25(28)23-19-10-6-7-11-21(19)27-22(14-16-8-4-3-5-9-16)20-15-17(26)12-13-18(20)24(23)27/h3-15H,2H2,1H3/b22-14-. The van der Waals surface area contributed by atoms with E-state index in [-0.39, 0.29) is 5.97 Å². The molecule has 2 heterocycles. The van der Waals surface area contributed by atoms with Gasteiger partial charge >= 0.3 is 5.97 Å². The van der Waals surface area contributed by atoms with Gasteiger partial charge in [-0.2, -0.15) is 0 Å². The summed E-state index contributed by atoms with van der Waals surface area (Å²) in [6.07, 6.45) is 2.17. The van der Waals surface area contributed by atoms with E-state index in [0.717, 1.165) is 42.6 Å². The molecule has 0 spiro atoms. The lowest BCUT2D eigenvalue weighted by Crippen LogP contribution is -2.09. The lowest BCUT2D eigenvalue weighted by molar-refractivity contribution is 0.0531. The van der Waals surface area contributed by atoms with E-state index in [1.807, 2.05) is 49.4 Å². The Balaban J connectivity index is 2.04. The highest BCUT2D eigenvalue weighted by atomic mass is 79.9. The highest BCUT2D eigenvalue weighted by Gasteiger charge is 2.23. The average Bonchev–Trinajstić information content (AvgIpc) is 3.22. The van der Waals surface area contributed by atoms with Crippen LogP contribution in [0.15, 0.2) is 77.3 Å². The maximum absolute atomic E-state index is 13.0. The number of carbonyl (C=O) groups is 1. The summed E-state index contributed by atoms with van der Waals surface area (Å²) in [5, 5.41) is 4.09. The zero-order valence-corrected chi connectivity index (χ0v) is 17.4. The van der Waals surface area contributed by atoms with Gasteiger partial charge in [-0.1, -0.05) is 70.5 Å². The maximum Gasteiger partial charge on any atom is 0.340 e. The highest BCUT2D eigenvalue weighted by molar-refractivity contribution is 9.10. The lowest BCUT2D eigenvalue weighted by atomic mass is 10.1. The first kappa shape index (κ1) is 18.0. The number of benzene rings is 3. The minimum Gasteiger partial charge on any atom is -0.462 e. The van der Waals surface area contributed by atoms with Crippen molar-refractivity contribution in [1.29, 1.82) is 0 Å². The summed E-state index contributed by atoms with van der Waals surface area (Å²) in [6, 6.07) is 24.4. The molecule has 0 amide bonds. The van der Waals surface area contributed by atoms with Crippen LogP contribution >= 0.6 is 15.9 Å². The van der Waals surface area contributed by atoms with Crippen molar-refractivity contribution in [3.8, 4) is 0 Å². The number of hydrogen-bond acceptors (Lipinski definition) is 2. The molecule has 4 heteroatoms. The van der Waals surface area contributed by atoms with Gasteiger partial charge in [0.25, 0.3) is 0 Å². The topological polar surface area (TPSA) is 30.7 Å². The van der Waals surface area contributed by atoms with E-state index < -0.39 is 0 Å². The Kier molecular flexibility index (Phi) is 4.36. The molecule has 0 unspecified atom stereocenters. The van der Waals surface area contributed by atoms with E-state index in [2.05, 4.69) is 56.7 Å². The molecule has 3 aromatic carbocycles. The van der Waals surface area contributed by atoms with E-state index in [9.17, 15) is 4.79 Å². The number of esters is 1. The molecule has 5 aromatic rings. The molecular weight excluding hydrogens is 426 g/mol. The first-order chi connectivity index (χ1) is 14.2. The molecule has 5 rings (SSSR count).